The maximum absolute atomic E-state index is 15.5. The minimum atomic E-state index is -3.23. The second-order valence-corrected chi connectivity index (χ2v) is 27.3. The molecule has 0 radical (unpaired) electrons. The zero-order chi connectivity index (χ0) is 78.7. The maximum atomic E-state index is 15.5. The minimum Gasteiger partial charge on any atom is -0.477 e. The molecule has 107 heavy (non-hydrogen) atoms. The first kappa shape index (κ1) is 88.3. The smallest absolute Gasteiger partial charge is 0.364 e. The van der Waals surface area contributed by atoms with Crippen molar-refractivity contribution < 1.29 is 196 Å². The van der Waals surface area contributed by atoms with Crippen LogP contribution in [0.25, 0.3) is 0 Å². The van der Waals surface area contributed by atoms with Gasteiger partial charge in [0.2, 0.25) is 23.4 Å². The largest absolute Gasteiger partial charge is 0.477 e. The number of alkyl halides is 1. The van der Waals surface area contributed by atoms with Crippen molar-refractivity contribution in [1.82, 2.24) is 16.0 Å². The van der Waals surface area contributed by atoms with Gasteiger partial charge in [-0.2, -0.15) is 0 Å². The number of ether oxygens (including phenoxy) is 15. The summed E-state index contributed by atoms with van der Waals surface area (Å²) < 4.78 is 103. The molecule has 42 nitrogen and oxygen atoms in total. The summed E-state index contributed by atoms with van der Waals surface area (Å²) in [6.07, 6.45) is -63.5. The van der Waals surface area contributed by atoms with E-state index in [4.69, 9.17) is 71.1 Å². The van der Waals surface area contributed by atoms with Gasteiger partial charge in [0.1, 0.15) is 153 Å². The lowest BCUT2D eigenvalue weighted by Gasteiger charge is -2.52. The normalized spacial score (nSPS) is 44.4. The van der Waals surface area contributed by atoms with Crippen LogP contribution >= 0.6 is 0 Å². The van der Waals surface area contributed by atoms with Crippen molar-refractivity contribution in [3.8, 4) is 11.8 Å². The Morgan fingerprint density at radius 1 is 0.495 bits per heavy atom. The number of unbranched alkanes of at least 4 members (excludes halogenated alkanes) is 1. The van der Waals surface area contributed by atoms with E-state index in [1.54, 1.807) is 0 Å². The van der Waals surface area contributed by atoms with Crippen LogP contribution in [0.5, 0.6) is 0 Å². The summed E-state index contributed by atoms with van der Waals surface area (Å²) in [5.74, 6) is -3.38. The van der Waals surface area contributed by atoms with Crippen LogP contribution in [0.4, 0.5) is 4.39 Å². The number of ketones is 1. The monoisotopic (exact) mass is 1560 g/mol. The number of Topliss-reactive ketones (excluding diaryl/α,β-unsaturated/α-hetero) is 1. The molecular formula is C64H102FN3O39. The highest BCUT2D eigenvalue weighted by Crippen LogP contribution is 2.41. The lowest BCUT2D eigenvalue weighted by atomic mass is 9.89. The lowest BCUT2D eigenvalue weighted by molar-refractivity contribution is -0.405. The lowest BCUT2D eigenvalue weighted by Crippen LogP contribution is -2.71. The molecule has 1 aliphatic carbocycles. The maximum Gasteiger partial charge on any atom is 0.364 e. The molecule has 0 saturated carbocycles. The summed E-state index contributed by atoms with van der Waals surface area (Å²) in [7, 11) is 2.17. The van der Waals surface area contributed by atoms with E-state index in [1.807, 2.05) is 0 Å². The topological polar surface area (TPSA) is 644 Å². The van der Waals surface area contributed by atoms with Crippen molar-refractivity contribution in [2.45, 2.75) is 298 Å². The highest BCUT2D eigenvalue weighted by Gasteiger charge is 2.62. The molecule has 7 aliphatic heterocycles. The van der Waals surface area contributed by atoms with Gasteiger partial charge in [0.25, 0.3) is 5.79 Å². The van der Waals surface area contributed by atoms with Gasteiger partial charge in [-0.3, -0.25) is 19.2 Å². The van der Waals surface area contributed by atoms with Gasteiger partial charge < -0.3 is 184 Å². The Bertz CT molecular complexity index is 2930. The number of methoxy groups -OCH3 is 2. The summed E-state index contributed by atoms with van der Waals surface area (Å²) in [6.45, 7) is -5.18. The third-order valence-electron chi connectivity index (χ3n) is 19.9. The van der Waals surface area contributed by atoms with Crippen LogP contribution in [0.2, 0.25) is 0 Å². The van der Waals surface area contributed by atoms with Crippen LogP contribution in [0, 0.1) is 11.8 Å². The van der Waals surface area contributed by atoms with E-state index in [0.717, 1.165) is 34.5 Å². The number of aliphatic hydroxyl groups excluding tert-OH is 18. The summed E-state index contributed by atoms with van der Waals surface area (Å²) >= 11 is 0. The molecule has 43 heteroatoms. The molecule has 8 aliphatic rings. The molecule has 0 aromatic rings. The summed E-state index contributed by atoms with van der Waals surface area (Å²) in [6, 6.07) is -3.59. The number of carbonyl (C=O) groups excluding carboxylic acids is 4. The number of amides is 3. The van der Waals surface area contributed by atoms with Crippen LogP contribution in [0.1, 0.15) is 78.1 Å². The van der Waals surface area contributed by atoms with Gasteiger partial charge in [-0.25, -0.2) is 9.18 Å². The first-order valence-electron chi connectivity index (χ1n) is 35.0. The minimum absolute atomic E-state index is 0.0574. The fourth-order valence-electron chi connectivity index (χ4n) is 14.1. The van der Waals surface area contributed by atoms with Gasteiger partial charge in [0, 0.05) is 66.7 Å². The molecule has 0 aromatic heterocycles. The second-order valence-electron chi connectivity index (χ2n) is 27.3. The molecule has 0 aromatic carbocycles. The van der Waals surface area contributed by atoms with Crippen molar-refractivity contribution in [3.05, 3.63) is 0 Å². The van der Waals surface area contributed by atoms with E-state index in [0.29, 0.717) is 19.3 Å². The van der Waals surface area contributed by atoms with Crippen molar-refractivity contribution in [2.75, 3.05) is 60.4 Å². The van der Waals surface area contributed by atoms with Crippen LogP contribution in [0.3, 0.4) is 0 Å². The number of nitrogens with one attached hydrogen (secondary N) is 3. The second kappa shape index (κ2) is 39.5. The van der Waals surface area contributed by atoms with E-state index >= 15 is 4.39 Å². The van der Waals surface area contributed by atoms with Crippen LogP contribution in [-0.4, -0.2) is 407 Å². The van der Waals surface area contributed by atoms with Gasteiger partial charge >= 0.3 is 5.97 Å². The number of aliphatic carboxylic acids is 1. The fourth-order valence-corrected chi connectivity index (χ4v) is 14.1. The summed E-state index contributed by atoms with van der Waals surface area (Å²) in [5.41, 5.74) is -2.31. The van der Waals surface area contributed by atoms with E-state index in [1.165, 1.54) is 0 Å². The highest BCUT2D eigenvalue weighted by molar-refractivity contribution is 5.90. The third-order valence-corrected chi connectivity index (χ3v) is 19.9. The average molecular weight is 1560 g/mol. The van der Waals surface area contributed by atoms with Gasteiger partial charge in [-0.15, -0.1) is 0 Å². The molecule has 36 atom stereocenters. The van der Waals surface area contributed by atoms with E-state index in [-0.39, 0.29) is 32.1 Å². The Kier molecular flexibility index (Phi) is 32.6. The number of carboxylic acid groups (broad SMARTS) is 1. The molecule has 7 saturated heterocycles. The highest BCUT2D eigenvalue weighted by atomic mass is 19.1. The molecule has 0 bridgehead atoms. The van der Waals surface area contributed by atoms with Gasteiger partial charge in [0.15, 0.2) is 43.5 Å². The molecule has 3 amide bonds. The molecule has 7 heterocycles. The Hall–Kier alpha value is -4.28. The van der Waals surface area contributed by atoms with E-state index < -0.39 is 302 Å². The molecule has 7 fully saturated rings. The SMILES string of the molecule is CO[C@@H]1OC(CO)[C@@H](O[C@@H]2OC(CO)[C@H](O[C@H]3OC(CO)[C@@H](OC)[C@H](O[C@@H]4OC(CO)[C@@H](O[C@@H]5OC(CO)[C@H](O)[C@H](O[C@@]6(C(=O)O)C[C@@H](O)[C@H](NC(C)=O)C(C(O)CNC(=O)CCCCC(=O)C7(F)C#CCCCCC7)O6)C5O)[C@H](O)C4NC(C)=O)C3O)[C@H](O[C@@H]3OC(CO)[C@@H](O)[C@H](O)C3O)C2O)[C@H](O)C1O. The standard InChI is InChI=1S/C64H102FN3O39/c1-24(75)67-36-26(77)16-64(62(91)92,106-48(36)27(78)17-66-35(80)13-9-8-12-34(79)63(65)14-10-6-5-7-11-15-63)107-53-39(82)29(19-70)96-59(45(53)88)101-49-30(20-71)97-56(37(40(49)83)68-25(2)76)104-54-46(89)61(99-32(22-73)51(54)93-3)103-52-33(23-74)100-60(102-50-31(21-72)98-57(94-4)44(87)42(50)85)47(90)55(52)105-58-43(86)41(84)38(81)28(18-69)95-58/h26-33,36-61,69-74,77-78,81-90H,5-10,12-14,16-23H2,1-4H3,(H,66,80)(H,67,75)(H,68,76)(H,91,92)/t26-,27?,28?,29?,30?,31?,32?,33?,36+,37?,38-,39+,40-,41+,42-,43?,44?,45?,46?,47?,48?,49-,50-,51-,52+,53+,54-,55-,56+,57-,58+,59+,60+,61-,63?,64-/m1/s1. The van der Waals surface area contributed by atoms with E-state index in [2.05, 4.69) is 27.8 Å². The van der Waals surface area contributed by atoms with Crippen molar-refractivity contribution >= 4 is 29.5 Å². The quantitative estimate of drug-likeness (QED) is 0.0220. The summed E-state index contributed by atoms with van der Waals surface area (Å²) in [5, 5.41) is 219. The van der Waals surface area contributed by atoms with Crippen LogP contribution < -0.4 is 16.0 Å². The third kappa shape index (κ3) is 20.4. The number of hydrogen-bond acceptors (Lipinski definition) is 38. The molecule has 0 spiro atoms. The van der Waals surface area contributed by atoms with Gasteiger partial charge in [-0.05, 0) is 25.7 Å². The van der Waals surface area contributed by atoms with Gasteiger partial charge in [0.05, 0.1) is 57.9 Å². The Labute approximate surface area is 610 Å². The van der Waals surface area contributed by atoms with Crippen molar-refractivity contribution in [3.63, 3.8) is 0 Å². The Morgan fingerprint density at radius 2 is 0.953 bits per heavy atom. The molecule has 614 valence electrons. The predicted octanol–water partition coefficient (Wildman–Crippen LogP) is -11.9. The number of halogens is 1. The van der Waals surface area contributed by atoms with Crippen molar-refractivity contribution in [2.24, 2.45) is 0 Å². The Morgan fingerprint density at radius 3 is 1.51 bits per heavy atom. The molecule has 22 N–H and O–H groups in total. The Balaban J connectivity index is 1.00. The fraction of sp³-hybridized carbons (Fsp3) is 0.891. The van der Waals surface area contributed by atoms with Crippen LogP contribution in [0.15, 0.2) is 0 Å². The number of carboxylic acids is 1. The zero-order valence-corrected chi connectivity index (χ0v) is 58.7. The first-order valence-corrected chi connectivity index (χ1v) is 35.0. The zero-order valence-electron chi connectivity index (χ0n) is 58.7. The summed E-state index contributed by atoms with van der Waals surface area (Å²) in [4.78, 5) is 64.9. The molecular weight excluding hydrogens is 1450 g/mol. The molecule has 8 rings (SSSR count). The van der Waals surface area contributed by atoms with Crippen molar-refractivity contribution in [1.29, 1.82) is 0 Å². The molecule has 15 unspecified atom stereocenters. The predicted molar refractivity (Wildman–Crippen MR) is 340 cm³/mol. The number of rotatable bonds is 32. The van der Waals surface area contributed by atoms with Crippen LogP contribution in [-0.2, 0) is 95.0 Å². The van der Waals surface area contributed by atoms with E-state index in [9.17, 15) is 121 Å². The number of carbonyl (C=O) groups is 5. The average Bonchev–Trinajstić information content (AvgIpc) is 0.759. The first-order chi connectivity index (χ1) is 50.8. The van der Waals surface area contributed by atoms with Gasteiger partial charge in [-0.1, -0.05) is 18.3 Å². The number of aliphatic hydroxyl groups is 18. The number of hydrogen-bond donors (Lipinski definition) is 22.